The number of rotatable bonds is 2. The number of ether oxygens (including phenoxy) is 1. The van der Waals surface area contributed by atoms with Crippen molar-refractivity contribution < 1.29 is 9.53 Å². The van der Waals surface area contributed by atoms with Crippen LogP contribution in [0.3, 0.4) is 0 Å². The minimum atomic E-state index is -0.280. The molecule has 2 aliphatic carbocycles. The Labute approximate surface area is 123 Å². The van der Waals surface area contributed by atoms with Crippen molar-refractivity contribution in [1.29, 1.82) is 0 Å². The normalized spacial score (nSPS) is 40.4. The number of allylic oxidation sites excluding steroid dienone is 3. The smallest absolute Gasteiger partial charge is 0.169 e. The molecule has 0 aliphatic heterocycles. The van der Waals surface area contributed by atoms with E-state index in [1.165, 1.54) is 11.1 Å². The van der Waals surface area contributed by atoms with E-state index in [1.54, 1.807) is 7.11 Å². The number of carbonyl (C=O) groups is 1. The number of fused-ring (bicyclic) bond motifs is 1. The van der Waals surface area contributed by atoms with Gasteiger partial charge in [0.2, 0.25) is 0 Å². The Balaban J connectivity index is 2.45. The Morgan fingerprint density at radius 2 is 2.00 bits per heavy atom. The Bertz CT molecular complexity index is 456. The van der Waals surface area contributed by atoms with Gasteiger partial charge in [-0.15, -0.1) is 0 Å². The highest BCUT2D eigenvalue weighted by Crippen LogP contribution is 2.53. The molecule has 2 heteroatoms. The van der Waals surface area contributed by atoms with Crippen LogP contribution in [0.2, 0.25) is 0 Å². The second kappa shape index (κ2) is 5.48. The zero-order valence-corrected chi connectivity index (χ0v) is 13.7. The first-order valence-corrected chi connectivity index (χ1v) is 7.70. The highest BCUT2D eigenvalue weighted by Gasteiger charge is 2.53. The lowest BCUT2D eigenvalue weighted by Crippen LogP contribution is -2.53. The number of hydrogen-bond donors (Lipinski definition) is 0. The van der Waals surface area contributed by atoms with E-state index in [9.17, 15) is 4.79 Å². The second-order valence-electron chi connectivity index (χ2n) is 7.10. The molecular weight excluding hydrogens is 248 g/mol. The Hall–Kier alpha value is -0.890. The molecule has 5 unspecified atom stereocenters. The summed E-state index contributed by atoms with van der Waals surface area (Å²) in [6, 6.07) is 0. The SMILES string of the molecule is COC1C(=O)C2C=CCC(C)C2(C)CC1C(C)=C(C)C. The Morgan fingerprint density at radius 3 is 2.55 bits per heavy atom. The highest BCUT2D eigenvalue weighted by atomic mass is 16.5. The van der Waals surface area contributed by atoms with Crippen molar-refractivity contribution in [3.05, 3.63) is 23.3 Å². The van der Waals surface area contributed by atoms with Gasteiger partial charge < -0.3 is 4.74 Å². The fourth-order valence-electron chi connectivity index (χ4n) is 3.95. The first-order valence-electron chi connectivity index (χ1n) is 7.70. The van der Waals surface area contributed by atoms with E-state index in [-0.39, 0.29) is 29.1 Å². The molecule has 0 N–H and O–H groups in total. The zero-order chi connectivity index (χ0) is 15.1. The standard InChI is InChI=1S/C18H28O2/c1-11(2)13(4)14-10-18(5)12(3)8-7-9-15(18)16(19)17(14)20-6/h7,9,12,14-15,17H,8,10H2,1-6H3. The summed E-state index contributed by atoms with van der Waals surface area (Å²) in [6.45, 7) is 11.0. The van der Waals surface area contributed by atoms with Crippen molar-refractivity contribution in [1.82, 2.24) is 0 Å². The maximum atomic E-state index is 12.9. The van der Waals surface area contributed by atoms with Crippen molar-refractivity contribution in [2.75, 3.05) is 7.11 Å². The van der Waals surface area contributed by atoms with Crippen LogP contribution in [0.5, 0.6) is 0 Å². The second-order valence-corrected chi connectivity index (χ2v) is 7.10. The predicted molar refractivity (Wildman–Crippen MR) is 82.5 cm³/mol. The van der Waals surface area contributed by atoms with E-state index in [0.717, 1.165) is 12.8 Å². The lowest BCUT2D eigenvalue weighted by molar-refractivity contribution is -0.147. The van der Waals surface area contributed by atoms with Crippen LogP contribution in [0.25, 0.3) is 0 Å². The summed E-state index contributed by atoms with van der Waals surface area (Å²) in [5, 5.41) is 0. The van der Waals surface area contributed by atoms with Crippen LogP contribution in [0.15, 0.2) is 23.3 Å². The van der Waals surface area contributed by atoms with Gasteiger partial charge in [0, 0.05) is 18.9 Å². The van der Waals surface area contributed by atoms with Crippen LogP contribution in [0.4, 0.5) is 0 Å². The molecule has 0 aromatic rings. The molecule has 1 fully saturated rings. The minimum Gasteiger partial charge on any atom is -0.373 e. The van der Waals surface area contributed by atoms with Gasteiger partial charge in [-0.05, 0) is 44.9 Å². The van der Waals surface area contributed by atoms with Crippen LogP contribution in [-0.4, -0.2) is 19.0 Å². The van der Waals surface area contributed by atoms with Gasteiger partial charge in [0.05, 0.1) is 0 Å². The number of methoxy groups -OCH3 is 1. The molecule has 112 valence electrons. The van der Waals surface area contributed by atoms with Crippen molar-refractivity contribution in [2.45, 2.75) is 53.6 Å². The molecule has 20 heavy (non-hydrogen) atoms. The molecule has 0 saturated heterocycles. The molecule has 2 rings (SSSR count). The van der Waals surface area contributed by atoms with Crippen molar-refractivity contribution >= 4 is 5.78 Å². The lowest BCUT2D eigenvalue weighted by atomic mass is 9.54. The van der Waals surface area contributed by atoms with Gasteiger partial charge in [-0.1, -0.05) is 37.1 Å². The van der Waals surface area contributed by atoms with Gasteiger partial charge in [0.15, 0.2) is 5.78 Å². The summed E-state index contributed by atoms with van der Waals surface area (Å²) in [7, 11) is 1.67. The molecular formula is C18H28O2. The van der Waals surface area contributed by atoms with Gasteiger partial charge in [-0.3, -0.25) is 4.79 Å². The average molecular weight is 276 g/mol. The molecule has 0 spiro atoms. The molecule has 0 bridgehead atoms. The zero-order valence-electron chi connectivity index (χ0n) is 13.7. The third-order valence-corrected chi connectivity index (χ3v) is 5.87. The maximum Gasteiger partial charge on any atom is 0.169 e. The maximum absolute atomic E-state index is 12.9. The van der Waals surface area contributed by atoms with Gasteiger partial charge in [0.1, 0.15) is 6.10 Å². The lowest BCUT2D eigenvalue weighted by Gasteiger charge is -2.51. The summed E-state index contributed by atoms with van der Waals surface area (Å²) in [5.41, 5.74) is 2.71. The summed E-state index contributed by atoms with van der Waals surface area (Å²) >= 11 is 0. The highest BCUT2D eigenvalue weighted by molar-refractivity contribution is 5.89. The van der Waals surface area contributed by atoms with Crippen LogP contribution in [0, 0.1) is 23.2 Å². The van der Waals surface area contributed by atoms with Crippen molar-refractivity contribution in [3.8, 4) is 0 Å². The molecule has 1 saturated carbocycles. The Kier molecular flexibility index (Phi) is 4.24. The minimum absolute atomic E-state index is 0.0254. The van der Waals surface area contributed by atoms with Gasteiger partial charge in [0.25, 0.3) is 0 Å². The predicted octanol–water partition coefficient (Wildman–Crippen LogP) is 4.17. The third kappa shape index (κ3) is 2.28. The number of carbonyl (C=O) groups excluding carboxylic acids is 1. The largest absolute Gasteiger partial charge is 0.373 e. The van der Waals surface area contributed by atoms with E-state index in [1.807, 2.05) is 0 Å². The molecule has 2 aliphatic rings. The summed E-state index contributed by atoms with van der Waals surface area (Å²) in [5.74, 6) is 1.08. The van der Waals surface area contributed by atoms with Crippen LogP contribution in [-0.2, 0) is 9.53 Å². The average Bonchev–Trinajstić information content (AvgIpc) is 2.39. The molecule has 2 nitrogen and oxygen atoms in total. The van der Waals surface area contributed by atoms with E-state index < -0.39 is 0 Å². The third-order valence-electron chi connectivity index (χ3n) is 5.87. The van der Waals surface area contributed by atoms with Gasteiger partial charge in [-0.2, -0.15) is 0 Å². The topological polar surface area (TPSA) is 26.3 Å². The van der Waals surface area contributed by atoms with Gasteiger partial charge >= 0.3 is 0 Å². The summed E-state index contributed by atoms with van der Waals surface area (Å²) in [4.78, 5) is 12.9. The fraction of sp³-hybridized carbons (Fsp3) is 0.722. The Morgan fingerprint density at radius 1 is 1.35 bits per heavy atom. The quantitative estimate of drug-likeness (QED) is 0.708. The van der Waals surface area contributed by atoms with Crippen LogP contribution in [0.1, 0.15) is 47.5 Å². The van der Waals surface area contributed by atoms with Crippen LogP contribution < -0.4 is 0 Å². The molecule has 0 radical (unpaired) electrons. The van der Waals surface area contributed by atoms with Crippen molar-refractivity contribution in [3.63, 3.8) is 0 Å². The first kappa shape index (κ1) is 15.5. The van der Waals surface area contributed by atoms with Gasteiger partial charge in [-0.25, -0.2) is 0 Å². The molecule has 0 amide bonds. The van der Waals surface area contributed by atoms with Crippen molar-refractivity contribution in [2.24, 2.45) is 23.2 Å². The molecule has 0 aromatic carbocycles. The van der Waals surface area contributed by atoms with E-state index in [0.29, 0.717) is 5.92 Å². The molecule has 0 aromatic heterocycles. The first-order chi connectivity index (χ1) is 9.32. The van der Waals surface area contributed by atoms with E-state index in [4.69, 9.17) is 4.74 Å². The number of hydrogen-bond acceptors (Lipinski definition) is 2. The van der Waals surface area contributed by atoms with E-state index in [2.05, 4.69) is 46.8 Å². The molecule has 0 heterocycles. The number of ketones is 1. The summed E-state index contributed by atoms with van der Waals surface area (Å²) < 4.78 is 5.60. The van der Waals surface area contributed by atoms with E-state index >= 15 is 0 Å². The monoisotopic (exact) mass is 276 g/mol. The fourth-order valence-corrected chi connectivity index (χ4v) is 3.95. The van der Waals surface area contributed by atoms with Crippen LogP contribution >= 0.6 is 0 Å². The summed E-state index contributed by atoms with van der Waals surface area (Å²) in [6.07, 6.45) is 6.15. The number of Topliss-reactive ketones (excluding diaryl/α,β-unsaturated/α-hetero) is 1. The molecule has 5 atom stereocenters.